The van der Waals surface area contributed by atoms with Gasteiger partial charge in [-0.05, 0) is 36.7 Å². The Labute approximate surface area is 119 Å². The van der Waals surface area contributed by atoms with E-state index in [1.165, 1.54) is 0 Å². The SMILES string of the molecule is CCC1NC(=O)C(C(C)C)N(C2CCSCC2)C1=O. The third-order valence-corrected chi connectivity index (χ3v) is 5.11. The molecular formula is C14H24N2O2S. The summed E-state index contributed by atoms with van der Waals surface area (Å²) < 4.78 is 0. The molecule has 2 aliphatic rings. The quantitative estimate of drug-likeness (QED) is 0.857. The van der Waals surface area contributed by atoms with Crippen LogP contribution < -0.4 is 5.32 Å². The third-order valence-electron chi connectivity index (χ3n) is 4.06. The van der Waals surface area contributed by atoms with Gasteiger partial charge in [-0.1, -0.05) is 20.8 Å². The number of nitrogens with zero attached hydrogens (tertiary/aromatic N) is 1. The third kappa shape index (κ3) is 2.91. The number of hydrogen-bond donors (Lipinski definition) is 1. The Morgan fingerprint density at radius 1 is 1.32 bits per heavy atom. The van der Waals surface area contributed by atoms with Crippen LogP contribution >= 0.6 is 11.8 Å². The second-order valence-corrected chi connectivity index (χ2v) is 6.97. The highest BCUT2D eigenvalue weighted by Gasteiger charge is 2.44. The van der Waals surface area contributed by atoms with E-state index >= 15 is 0 Å². The molecule has 2 fully saturated rings. The van der Waals surface area contributed by atoms with Crippen molar-refractivity contribution in [2.24, 2.45) is 5.92 Å². The standard InChI is InChI=1S/C14H24N2O2S/c1-4-11-14(18)16(10-5-7-19-8-6-10)12(9(2)3)13(17)15-11/h9-12H,4-8H2,1-3H3,(H,15,17). The number of carbonyl (C=O) groups excluding carboxylic acids is 2. The smallest absolute Gasteiger partial charge is 0.246 e. The van der Waals surface area contributed by atoms with Crippen LogP contribution in [0.25, 0.3) is 0 Å². The Morgan fingerprint density at radius 2 is 1.95 bits per heavy atom. The van der Waals surface area contributed by atoms with Gasteiger partial charge in [0.2, 0.25) is 11.8 Å². The summed E-state index contributed by atoms with van der Waals surface area (Å²) in [6.07, 6.45) is 2.71. The minimum Gasteiger partial charge on any atom is -0.343 e. The highest BCUT2D eigenvalue weighted by Crippen LogP contribution is 2.28. The summed E-state index contributed by atoms with van der Waals surface area (Å²) in [7, 11) is 0. The van der Waals surface area contributed by atoms with Crippen molar-refractivity contribution in [3.8, 4) is 0 Å². The molecule has 2 unspecified atom stereocenters. The fourth-order valence-electron chi connectivity index (χ4n) is 3.03. The maximum Gasteiger partial charge on any atom is 0.246 e. The average molecular weight is 284 g/mol. The number of thioether (sulfide) groups is 1. The van der Waals surface area contributed by atoms with Crippen LogP contribution in [0.5, 0.6) is 0 Å². The largest absolute Gasteiger partial charge is 0.343 e. The van der Waals surface area contributed by atoms with Crippen LogP contribution in [0.1, 0.15) is 40.0 Å². The molecule has 19 heavy (non-hydrogen) atoms. The monoisotopic (exact) mass is 284 g/mol. The lowest BCUT2D eigenvalue weighted by molar-refractivity contribution is -0.154. The van der Waals surface area contributed by atoms with Gasteiger partial charge in [0.15, 0.2) is 0 Å². The van der Waals surface area contributed by atoms with E-state index in [4.69, 9.17) is 0 Å². The molecule has 2 aliphatic heterocycles. The van der Waals surface area contributed by atoms with E-state index < -0.39 is 0 Å². The molecule has 0 aliphatic carbocycles. The molecule has 4 nitrogen and oxygen atoms in total. The molecule has 0 bridgehead atoms. The summed E-state index contributed by atoms with van der Waals surface area (Å²) in [5.41, 5.74) is 0. The molecule has 0 aromatic carbocycles. The van der Waals surface area contributed by atoms with E-state index in [9.17, 15) is 9.59 Å². The van der Waals surface area contributed by atoms with Gasteiger partial charge >= 0.3 is 0 Å². The fraction of sp³-hybridized carbons (Fsp3) is 0.857. The van der Waals surface area contributed by atoms with Crippen molar-refractivity contribution in [1.82, 2.24) is 10.2 Å². The molecule has 2 saturated heterocycles. The maximum absolute atomic E-state index is 12.6. The zero-order valence-electron chi connectivity index (χ0n) is 12.0. The van der Waals surface area contributed by atoms with Gasteiger partial charge in [0, 0.05) is 6.04 Å². The van der Waals surface area contributed by atoms with Gasteiger partial charge in [-0.2, -0.15) is 11.8 Å². The van der Waals surface area contributed by atoms with Crippen LogP contribution in [0, 0.1) is 5.92 Å². The number of piperazine rings is 1. The first kappa shape index (κ1) is 14.7. The molecule has 1 N–H and O–H groups in total. The normalized spacial score (nSPS) is 29.8. The predicted molar refractivity (Wildman–Crippen MR) is 78.0 cm³/mol. The van der Waals surface area contributed by atoms with Crippen molar-refractivity contribution >= 4 is 23.6 Å². The maximum atomic E-state index is 12.6. The van der Waals surface area contributed by atoms with Gasteiger partial charge in [0.05, 0.1) is 0 Å². The molecule has 0 radical (unpaired) electrons. The summed E-state index contributed by atoms with van der Waals surface area (Å²) >= 11 is 1.94. The van der Waals surface area contributed by atoms with Crippen LogP contribution in [0.2, 0.25) is 0 Å². The lowest BCUT2D eigenvalue weighted by atomic mass is 9.93. The van der Waals surface area contributed by atoms with Gasteiger partial charge in [-0.3, -0.25) is 9.59 Å². The summed E-state index contributed by atoms with van der Waals surface area (Å²) in [5.74, 6) is 2.50. The average Bonchev–Trinajstić information content (AvgIpc) is 2.41. The molecule has 2 amide bonds. The molecule has 0 spiro atoms. The van der Waals surface area contributed by atoms with Gasteiger partial charge in [0.1, 0.15) is 12.1 Å². The number of rotatable bonds is 3. The van der Waals surface area contributed by atoms with Gasteiger partial charge in [0.25, 0.3) is 0 Å². The second kappa shape index (κ2) is 6.16. The Kier molecular flexibility index (Phi) is 4.76. The molecule has 0 aromatic rings. The van der Waals surface area contributed by atoms with E-state index in [1.54, 1.807) is 0 Å². The summed E-state index contributed by atoms with van der Waals surface area (Å²) in [5, 5.41) is 2.88. The topological polar surface area (TPSA) is 49.4 Å². The Balaban J connectivity index is 2.25. The summed E-state index contributed by atoms with van der Waals surface area (Å²) in [4.78, 5) is 26.8. The minimum absolute atomic E-state index is 0.0275. The molecule has 2 rings (SSSR count). The minimum atomic E-state index is -0.322. The second-order valence-electron chi connectivity index (χ2n) is 5.75. The zero-order chi connectivity index (χ0) is 14.0. The lowest BCUT2D eigenvalue weighted by Crippen LogP contribution is -2.67. The fourth-order valence-corrected chi connectivity index (χ4v) is 4.11. The molecular weight excluding hydrogens is 260 g/mol. The van der Waals surface area contributed by atoms with Crippen LogP contribution in [0.3, 0.4) is 0 Å². The van der Waals surface area contributed by atoms with E-state index in [0.717, 1.165) is 24.3 Å². The predicted octanol–water partition coefficient (Wildman–Crippen LogP) is 1.64. The molecule has 0 aromatic heterocycles. The van der Waals surface area contributed by atoms with Gasteiger partial charge < -0.3 is 10.2 Å². The molecule has 2 heterocycles. The van der Waals surface area contributed by atoms with Crippen LogP contribution in [0.4, 0.5) is 0 Å². The van der Waals surface area contributed by atoms with Gasteiger partial charge in [-0.15, -0.1) is 0 Å². The number of amides is 2. The van der Waals surface area contributed by atoms with E-state index in [-0.39, 0.29) is 35.9 Å². The summed E-state index contributed by atoms with van der Waals surface area (Å²) in [6.45, 7) is 6.00. The van der Waals surface area contributed by atoms with E-state index in [0.29, 0.717) is 6.42 Å². The van der Waals surface area contributed by atoms with Crippen molar-refractivity contribution in [2.75, 3.05) is 11.5 Å². The molecule has 5 heteroatoms. The molecule has 2 atom stereocenters. The number of nitrogens with one attached hydrogen (secondary N) is 1. The Hall–Kier alpha value is -0.710. The lowest BCUT2D eigenvalue weighted by Gasteiger charge is -2.46. The van der Waals surface area contributed by atoms with Crippen molar-refractivity contribution in [3.05, 3.63) is 0 Å². The van der Waals surface area contributed by atoms with Crippen LogP contribution in [-0.2, 0) is 9.59 Å². The Bertz CT molecular complexity index is 353. The molecule has 0 saturated carbocycles. The van der Waals surface area contributed by atoms with Crippen molar-refractivity contribution < 1.29 is 9.59 Å². The highest BCUT2D eigenvalue weighted by atomic mass is 32.2. The first-order valence-corrected chi connectivity index (χ1v) is 8.42. The zero-order valence-corrected chi connectivity index (χ0v) is 12.8. The first-order chi connectivity index (χ1) is 9.06. The first-order valence-electron chi connectivity index (χ1n) is 7.26. The van der Waals surface area contributed by atoms with Gasteiger partial charge in [-0.25, -0.2) is 0 Å². The highest BCUT2D eigenvalue weighted by molar-refractivity contribution is 7.99. The Morgan fingerprint density at radius 3 is 2.47 bits per heavy atom. The molecule has 108 valence electrons. The summed E-state index contributed by atoms with van der Waals surface area (Å²) in [6, 6.07) is -0.360. The van der Waals surface area contributed by atoms with Crippen LogP contribution in [0.15, 0.2) is 0 Å². The number of hydrogen-bond acceptors (Lipinski definition) is 3. The van der Waals surface area contributed by atoms with Crippen molar-refractivity contribution in [1.29, 1.82) is 0 Å². The van der Waals surface area contributed by atoms with E-state index in [2.05, 4.69) is 5.32 Å². The van der Waals surface area contributed by atoms with Crippen molar-refractivity contribution in [2.45, 2.75) is 58.2 Å². The van der Waals surface area contributed by atoms with Crippen molar-refractivity contribution in [3.63, 3.8) is 0 Å². The van der Waals surface area contributed by atoms with Crippen LogP contribution in [-0.4, -0.2) is 46.3 Å². The van der Waals surface area contributed by atoms with E-state index in [1.807, 2.05) is 37.4 Å². The number of carbonyl (C=O) groups is 2.